The van der Waals surface area contributed by atoms with E-state index in [9.17, 15) is 4.79 Å². The molecule has 3 aliphatic rings. The van der Waals surface area contributed by atoms with Gasteiger partial charge in [0.25, 0.3) is 5.91 Å². The lowest BCUT2D eigenvalue weighted by Crippen LogP contribution is -2.44. The van der Waals surface area contributed by atoms with Gasteiger partial charge in [0, 0.05) is 37.8 Å². The van der Waals surface area contributed by atoms with Gasteiger partial charge in [-0.25, -0.2) is 9.97 Å². The number of anilines is 1. The molecule has 8 heteroatoms. The summed E-state index contributed by atoms with van der Waals surface area (Å²) in [5.41, 5.74) is 1.99. The molecule has 6 rings (SSSR count). The second-order valence-electron chi connectivity index (χ2n) is 10.4. The van der Waals surface area contributed by atoms with E-state index in [-0.39, 0.29) is 5.91 Å². The second-order valence-corrected chi connectivity index (χ2v) is 11.4. The molecule has 2 atom stereocenters. The van der Waals surface area contributed by atoms with Gasteiger partial charge < -0.3 is 19.9 Å². The maximum atomic E-state index is 12.9. The highest BCUT2D eigenvalue weighted by Gasteiger charge is 2.42. The predicted molar refractivity (Wildman–Crippen MR) is 145 cm³/mol. The van der Waals surface area contributed by atoms with Crippen molar-refractivity contribution in [1.29, 1.82) is 0 Å². The molecule has 0 aliphatic carbocycles. The Balaban J connectivity index is 1.25. The number of aromatic nitrogens is 2. The average molecular weight is 506 g/mol. The topological polar surface area (TPSA) is 70.6 Å². The lowest BCUT2D eigenvalue weighted by molar-refractivity contribution is 0.0700. The van der Waals surface area contributed by atoms with E-state index in [2.05, 4.69) is 32.2 Å². The van der Waals surface area contributed by atoms with Crippen molar-refractivity contribution in [1.82, 2.24) is 20.2 Å². The van der Waals surface area contributed by atoms with Crippen molar-refractivity contribution < 1.29 is 9.53 Å². The number of fused-ring (bicyclic) bond motifs is 3. The van der Waals surface area contributed by atoms with Crippen LogP contribution in [0.15, 0.2) is 36.7 Å². The van der Waals surface area contributed by atoms with Crippen molar-refractivity contribution in [3.63, 3.8) is 0 Å². The summed E-state index contributed by atoms with van der Waals surface area (Å²) >= 11 is 1.46. The highest BCUT2D eigenvalue weighted by atomic mass is 32.1. The number of amides is 1. The summed E-state index contributed by atoms with van der Waals surface area (Å²) in [6.45, 7) is 5.24. The molecule has 3 aromatic rings. The van der Waals surface area contributed by atoms with Crippen LogP contribution in [-0.2, 0) is 4.74 Å². The molecule has 36 heavy (non-hydrogen) atoms. The number of benzene rings is 1. The quantitative estimate of drug-likeness (QED) is 0.452. The standard InChI is InChI=1S/C28H35N5O2S/c1-29-27(34)25-23(20-7-3-2-4-8-20)24-26(30-18-31-28(24)36-25)33-21-9-10-22(33)16-19(15-21)17-35-14-13-32-11-5-6-12-32/h2-4,7-8,18-19,21-22H,5-6,9-17H2,1H3,(H,29,34). The Kier molecular flexibility index (Phi) is 6.91. The minimum atomic E-state index is -0.0736. The summed E-state index contributed by atoms with van der Waals surface area (Å²) in [4.78, 5) is 29.0. The Morgan fingerprint density at radius 3 is 2.58 bits per heavy atom. The van der Waals surface area contributed by atoms with E-state index in [1.54, 1.807) is 13.4 Å². The van der Waals surface area contributed by atoms with E-state index in [1.165, 1.54) is 50.1 Å². The number of piperidine rings is 1. The molecular weight excluding hydrogens is 470 g/mol. The minimum Gasteiger partial charge on any atom is -0.380 e. The number of rotatable bonds is 8. The van der Waals surface area contributed by atoms with Gasteiger partial charge in [-0.1, -0.05) is 30.3 Å². The van der Waals surface area contributed by atoms with E-state index >= 15 is 0 Å². The summed E-state index contributed by atoms with van der Waals surface area (Å²) in [7, 11) is 1.69. The average Bonchev–Trinajstić information content (AvgIpc) is 3.63. The summed E-state index contributed by atoms with van der Waals surface area (Å²) in [6, 6.07) is 11.1. The zero-order valence-corrected chi connectivity index (χ0v) is 21.8. The third-order valence-electron chi connectivity index (χ3n) is 8.14. The third kappa shape index (κ3) is 4.51. The molecule has 3 fully saturated rings. The summed E-state index contributed by atoms with van der Waals surface area (Å²) < 4.78 is 6.16. The minimum absolute atomic E-state index is 0.0736. The van der Waals surface area contributed by atoms with Gasteiger partial charge in [-0.15, -0.1) is 11.3 Å². The first-order chi connectivity index (χ1) is 17.7. The zero-order valence-electron chi connectivity index (χ0n) is 21.0. The second kappa shape index (κ2) is 10.4. The van der Waals surface area contributed by atoms with Crippen molar-refractivity contribution in [3.05, 3.63) is 41.5 Å². The molecule has 1 N–H and O–H groups in total. The van der Waals surface area contributed by atoms with Gasteiger partial charge in [-0.05, 0) is 63.1 Å². The number of likely N-dealkylation sites (tertiary alicyclic amines) is 1. The van der Waals surface area contributed by atoms with Crippen LogP contribution in [0.4, 0.5) is 5.82 Å². The Labute approximate surface area is 216 Å². The van der Waals surface area contributed by atoms with Crippen LogP contribution in [0.3, 0.4) is 0 Å². The number of hydrogen-bond acceptors (Lipinski definition) is 7. The van der Waals surface area contributed by atoms with E-state index in [1.807, 2.05) is 18.2 Å². The molecule has 2 bridgehead atoms. The molecule has 2 unspecified atom stereocenters. The van der Waals surface area contributed by atoms with Gasteiger partial charge in [0.1, 0.15) is 21.9 Å². The van der Waals surface area contributed by atoms with Crippen molar-refractivity contribution >= 4 is 33.3 Å². The van der Waals surface area contributed by atoms with Gasteiger partial charge in [0.15, 0.2) is 0 Å². The highest BCUT2D eigenvalue weighted by Crippen LogP contribution is 2.47. The van der Waals surface area contributed by atoms with Gasteiger partial charge >= 0.3 is 0 Å². The molecule has 3 saturated heterocycles. The van der Waals surface area contributed by atoms with Gasteiger partial charge in [0.2, 0.25) is 0 Å². The summed E-state index contributed by atoms with van der Waals surface area (Å²) in [6.07, 6.45) is 8.99. The SMILES string of the molecule is CNC(=O)c1sc2ncnc(N3C4CCC3CC(COCCN3CCCC3)C4)c2c1-c1ccccc1. The maximum Gasteiger partial charge on any atom is 0.261 e. The molecule has 1 aromatic carbocycles. The smallest absolute Gasteiger partial charge is 0.261 e. The Morgan fingerprint density at radius 2 is 1.86 bits per heavy atom. The molecule has 0 spiro atoms. The number of ether oxygens (including phenoxy) is 1. The summed E-state index contributed by atoms with van der Waals surface area (Å²) in [5.74, 6) is 1.52. The molecule has 0 radical (unpaired) electrons. The van der Waals surface area contributed by atoms with Crippen molar-refractivity contribution in [2.45, 2.75) is 50.6 Å². The monoisotopic (exact) mass is 505 g/mol. The number of nitrogens with one attached hydrogen (secondary N) is 1. The first kappa shape index (κ1) is 23.8. The van der Waals surface area contributed by atoms with E-state index in [0.29, 0.717) is 22.9 Å². The van der Waals surface area contributed by atoms with Crippen molar-refractivity contribution in [2.75, 3.05) is 44.8 Å². The number of nitrogens with zero attached hydrogens (tertiary/aromatic N) is 4. The molecule has 0 saturated carbocycles. The van der Waals surface area contributed by atoms with Crippen molar-refractivity contribution in [3.8, 4) is 11.1 Å². The maximum absolute atomic E-state index is 12.9. The molecule has 2 aromatic heterocycles. The van der Waals surface area contributed by atoms with Crippen LogP contribution < -0.4 is 10.2 Å². The molecule has 1 amide bonds. The van der Waals surface area contributed by atoms with Gasteiger partial charge in [-0.2, -0.15) is 0 Å². The van der Waals surface area contributed by atoms with E-state index in [4.69, 9.17) is 9.72 Å². The summed E-state index contributed by atoms with van der Waals surface area (Å²) in [5, 5.41) is 3.84. The Hall–Kier alpha value is -2.55. The number of thiophene rings is 1. The Bertz CT molecular complexity index is 1200. The highest BCUT2D eigenvalue weighted by molar-refractivity contribution is 7.21. The van der Waals surface area contributed by atoms with Crippen LogP contribution in [-0.4, -0.2) is 72.8 Å². The predicted octanol–water partition coefficient (Wildman–Crippen LogP) is 4.58. The number of hydrogen-bond donors (Lipinski definition) is 1. The van der Waals surface area contributed by atoms with Crippen molar-refractivity contribution in [2.24, 2.45) is 5.92 Å². The molecular formula is C28H35N5O2S. The van der Waals surface area contributed by atoms with Gasteiger partial charge in [0.05, 0.1) is 12.0 Å². The fourth-order valence-electron chi connectivity index (χ4n) is 6.49. The molecule has 3 aliphatic heterocycles. The molecule has 190 valence electrons. The molecule has 5 heterocycles. The lowest BCUT2D eigenvalue weighted by atomic mass is 9.91. The largest absolute Gasteiger partial charge is 0.380 e. The van der Waals surface area contributed by atoms with Crippen LogP contribution in [0.1, 0.15) is 48.2 Å². The van der Waals surface area contributed by atoms with E-state index in [0.717, 1.165) is 59.8 Å². The first-order valence-corrected chi connectivity index (χ1v) is 14.2. The molecule has 7 nitrogen and oxygen atoms in total. The van der Waals surface area contributed by atoms with Crippen LogP contribution in [0, 0.1) is 5.92 Å². The fraction of sp³-hybridized carbons (Fsp3) is 0.536. The van der Waals surface area contributed by atoms with E-state index < -0.39 is 0 Å². The van der Waals surface area contributed by atoms with Crippen LogP contribution >= 0.6 is 11.3 Å². The normalized spacial score (nSPS) is 24.0. The Morgan fingerprint density at radius 1 is 1.11 bits per heavy atom. The fourth-order valence-corrected chi connectivity index (χ4v) is 7.59. The van der Waals surface area contributed by atoms with Gasteiger partial charge in [-0.3, -0.25) is 4.79 Å². The third-order valence-corrected chi connectivity index (χ3v) is 9.24. The number of carbonyl (C=O) groups excluding carboxylic acids is 1. The van der Waals surface area contributed by atoms with Crippen LogP contribution in [0.5, 0.6) is 0 Å². The lowest BCUT2D eigenvalue weighted by Gasteiger charge is -2.40. The zero-order chi connectivity index (χ0) is 24.5. The first-order valence-electron chi connectivity index (χ1n) is 13.4. The van der Waals surface area contributed by atoms with Crippen LogP contribution in [0.25, 0.3) is 21.3 Å². The number of carbonyl (C=O) groups is 1. The van der Waals surface area contributed by atoms with Crippen LogP contribution in [0.2, 0.25) is 0 Å².